The van der Waals surface area contributed by atoms with Gasteiger partial charge in [-0.1, -0.05) is 18.2 Å². The van der Waals surface area contributed by atoms with Crippen molar-refractivity contribution in [3.8, 4) is 5.75 Å². The third-order valence-electron chi connectivity index (χ3n) is 1.94. The summed E-state index contributed by atoms with van der Waals surface area (Å²) in [5.74, 6) is 0.371. The van der Waals surface area contributed by atoms with Crippen LogP contribution in [0.2, 0.25) is 0 Å². The molecule has 1 aromatic carbocycles. The van der Waals surface area contributed by atoms with Crippen LogP contribution >= 0.6 is 0 Å². The molecule has 0 atom stereocenters. The molecule has 0 unspecified atom stereocenters. The first-order chi connectivity index (χ1) is 7.92. The number of para-hydroxylation sites is 1. The third kappa shape index (κ3) is 4.72. The van der Waals surface area contributed by atoms with Crippen molar-refractivity contribution < 1.29 is 14.3 Å². The Morgan fingerprint density at radius 2 is 1.88 bits per heavy atom. The van der Waals surface area contributed by atoms with Gasteiger partial charge in [0.15, 0.2) is 0 Å². The van der Waals surface area contributed by atoms with Crippen molar-refractivity contribution in [3.05, 3.63) is 35.9 Å². The van der Waals surface area contributed by atoms with Crippen LogP contribution < -0.4 is 4.74 Å². The number of benzene rings is 1. The highest BCUT2D eigenvalue weighted by molar-refractivity contribution is 5.87. The van der Waals surface area contributed by atoms with Crippen LogP contribution in [-0.2, 0) is 9.53 Å². The second-order valence-corrected chi connectivity index (χ2v) is 4.61. The monoisotopic (exact) mass is 234 g/mol. The molecular weight excluding hydrogens is 216 g/mol. The molecule has 0 N–H and O–H groups in total. The van der Waals surface area contributed by atoms with E-state index >= 15 is 0 Å². The van der Waals surface area contributed by atoms with E-state index in [-0.39, 0.29) is 5.97 Å². The minimum atomic E-state index is -0.470. The van der Waals surface area contributed by atoms with Crippen molar-refractivity contribution in [1.29, 1.82) is 0 Å². The van der Waals surface area contributed by atoms with Gasteiger partial charge in [-0.3, -0.25) is 0 Å². The molecule has 0 fully saturated rings. The van der Waals surface area contributed by atoms with E-state index in [2.05, 4.69) is 0 Å². The van der Waals surface area contributed by atoms with Gasteiger partial charge in [-0.2, -0.15) is 0 Å². The molecule has 0 aliphatic rings. The molecule has 1 rings (SSSR count). The number of ether oxygens (including phenoxy) is 2. The summed E-state index contributed by atoms with van der Waals surface area (Å²) in [6, 6.07) is 7.48. The van der Waals surface area contributed by atoms with Gasteiger partial charge in [0.1, 0.15) is 11.4 Å². The van der Waals surface area contributed by atoms with Gasteiger partial charge >= 0.3 is 5.97 Å². The lowest BCUT2D eigenvalue weighted by atomic mass is 10.2. The molecule has 0 saturated carbocycles. The van der Waals surface area contributed by atoms with Gasteiger partial charge < -0.3 is 9.47 Å². The fraction of sp³-hybridized carbons (Fsp3) is 0.357. The van der Waals surface area contributed by atoms with E-state index in [0.29, 0.717) is 0 Å². The van der Waals surface area contributed by atoms with Crippen molar-refractivity contribution in [2.75, 3.05) is 7.11 Å². The zero-order valence-corrected chi connectivity index (χ0v) is 10.7. The first-order valence-electron chi connectivity index (χ1n) is 5.46. The van der Waals surface area contributed by atoms with Gasteiger partial charge in [0.25, 0.3) is 0 Å². The molecule has 0 aliphatic carbocycles. The van der Waals surface area contributed by atoms with Gasteiger partial charge in [-0.25, -0.2) is 4.79 Å². The van der Waals surface area contributed by atoms with Crippen molar-refractivity contribution in [1.82, 2.24) is 0 Å². The summed E-state index contributed by atoms with van der Waals surface area (Å²) >= 11 is 0. The Hall–Kier alpha value is -1.77. The van der Waals surface area contributed by atoms with Crippen LogP contribution in [0.1, 0.15) is 26.3 Å². The number of hydrogen-bond donors (Lipinski definition) is 0. The van der Waals surface area contributed by atoms with Crippen molar-refractivity contribution in [2.45, 2.75) is 26.4 Å². The van der Waals surface area contributed by atoms with E-state index in [1.165, 1.54) is 6.08 Å². The van der Waals surface area contributed by atoms with Gasteiger partial charge in [0.2, 0.25) is 0 Å². The van der Waals surface area contributed by atoms with E-state index in [1.54, 1.807) is 13.2 Å². The summed E-state index contributed by atoms with van der Waals surface area (Å²) in [5, 5.41) is 0. The average Bonchev–Trinajstić information content (AvgIpc) is 2.24. The smallest absolute Gasteiger partial charge is 0.331 e. The number of esters is 1. The second-order valence-electron chi connectivity index (χ2n) is 4.61. The molecule has 0 aromatic heterocycles. The van der Waals surface area contributed by atoms with Crippen LogP contribution in [-0.4, -0.2) is 18.7 Å². The highest BCUT2D eigenvalue weighted by Gasteiger charge is 2.13. The number of carbonyl (C=O) groups is 1. The maximum atomic E-state index is 11.5. The normalized spacial score (nSPS) is 11.5. The number of methoxy groups -OCH3 is 1. The zero-order valence-electron chi connectivity index (χ0n) is 10.7. The molecule has 0 heterocycles. The molecule has 1 aromatic rings. The molecule has 0 amide bonds. The Bertz CT molecular complexity index is 414. The second kappa shape index (κ2) is 5.53. The average molecular weight is 234 g/mol. The minimum absolute atomic E-state index is 0.358. The van der Waals surface area contributed by atoms with E-state index in [4.69, 9.17) is 9.47 Å². The van der Waals surface area contributed by atoms with Crippen molar-refractivity contribution in [2.24, 2.45) is 0 Å². The molecule has 0 saturated heterocycles. The van der Waals surface area contributed by atoms with Crippen LogP contribution in [0.3, 0.4) is 0 Å². The standard InChI is InChI=1S/C14H18O3/c1-14(2,3)17-13(15)10-9-11-7-5-6-8-12(11)16-4/h5-10H,1-4H3. The molecular formula is C14H18O3. The molecule has 0 aliphatic heterocycles. The van der Waals surface area contributed by atoms with Crippen LogP contribution in [0.15, 0.2) is 30.3 Å². The first-order valence-corrected chi connectivity index (χ1v) is 5.46. The number of hydrogen-bond acceptors (Lipinski definition) is 3. The third-order valence-corrected chi connectivity index (χ3v) is 1.94. The minimum Gasteiger partial charge on any atom is -0.496 e. The van der Waals surface area contributed by atoms with Crippen LogP contribution in [0.5, 0.6) is 5.75 Å². The summed E-state index contributed by atoms with van der Waals surface area (Å²) in [7, 11) is 1.60. The van der Waals surface area contributed by atoms with Crippen LogP contribution in [0, 0.1) is 0 Å². The lowest BCUT2D eigenvalue weighted by molar-refractivity contribution is -0.148. The SMILES string of the molecule is COc1ccccc1C=CC(=O)OC(C)(C)C. The van der Waals surface area contributed by atoms with Crippen LogP contribution in [0.25, 0.3) is 6.08 Å². The van der Waals surface area contributed by atoms with Gasteiger partial charge in [-0.05, 0) is 32.9 Å². The quantitative estimate of drug-likeness (QED) is 0.595. The van der Waals surface area contributed by atoms with Gasteiger partial charge in [-0.15, -0.1) is 0 Å². The maximum absolute atomic E-state index is 11.5. The maximum Gasteiger partial charge on any atom is 0.331 e. The van der Waals surface area contributed by atoms with E-state index in [9.17, 15) is 4.79 Å². The largest absolute Gasteiger partial charge is 0.496 e. The molecule has 3 nitrogen and oxygen atoms in total. The lowest BCUT2D eigenvalue weighted by Crippen LogP contribution is -2.22. The number of rotatable bonds is 3. The summed E-state index contributed by atoms with van der Waals surface area (Å²) in [4.78, 5) is 11.5. The molecule has 17 heavy (non-hydrogen) atoms. The lowest BCUT2D eigenvalue weighted by Gasteiger charge is -2.17. The predicted octanol–water partition coefficient (Wildman–Crippen LogP) is 3.05. The number of carbonyl (C=O) groups excluding carboxylic acids is 1. The first kappa shape index (κ1) is 13.3. The molecule has 0 radical (unpaired) electrons. The predicted molar refractivity (Wildman–Crippen MR) is 67.9 cm³/mol. The summed E-state index contributed by atoms with van der Waals surface area (Å²) in [6.07, 6.45) is 3.09. The summed E-state index contributed by atoms with van der Waals surface area (Å²) in [5.41, 5.74) is 0.378. The fourth-order valence-electron chi connectivity index (χ4n) is 1.30. The Morgan fingerprint density at radius 3 is 2.47 bits per heavy atom. The Balaban J connectivity index is 2.74. The zero-order chi connectivity index (χ0) is 12.9. The summed E-state index contributed by atoms with van der Waals surface area (Å²) < 4.78 is 10.3. The highest BCUT2D eigenvalue weighted by Crippen LogP contribution is 2.18. The summed E-state index contributed by atoms with van der Waals surface area (Å²) in [6.45, 7) is 5.51. The van der Waals surface area contributed by atoms with Crippen molar-refractivity contribution >= 4 is 12.0 Å². The molecule has 0 bridgehead atoms. The van der Waals surface area contributed by atoms with Gasteiger partial charge in [0.05, 0.1) is 7.11 Å². The molecule has 0 spiro atoms. The van der Waals surface area contributed by atoms with Crippen LogP contribution in [0.4, 0.5) is 0 Å². The fourth-order valence-corrected chi connectivity index (χ4v) is 1.30. The Morgan fingerprint density at radius 1 is 1.24 bits per heavy atom. The van der Waals surface area contributed by atoms with E-state index in [1.807, 2.05) is 45.0 Å². The van der Waals surface area contributed by atoms with E-state index < -0.39 is 5.60 Å². The molecule has 3 heteroatoms. The van der Waals surface area contributed by atoms with Crippen molar-refractivity contribution in [3.63, 3.8) is 0 Å². The molecule has 92 valence electrons. The Kier molecular flexibility index (Phi) is 4.32. The topological polar surface area (TPSA) is 35.5 Å². The van der Waals surface area contributed by atoms with Gasteiger partial charge in [0, 0.05) is 11.6 Å². The Labute approximate surface area is 102 Å². The highest BCUT2D eigenvalue weighted by atomic mass is 16.6. The van der Waals surface area contributed by atoms with E-state index in [0.717, 1.165) is 11.3 Å².